The second kappa shape index (κ2) is 12.5. The summed E-state index contributed by atoms with van der Waals surface area (Å²) < 4.78 is 17.0. The number of para-hydroxylation sites is 1. The molecule has 4 rings (SSSR count). The van der Waals surface area contributed by atoms with Gasteiger partial charge in [-0.15, -0.1) is 0 Å². The van der Waals surface area contributed by atoms with E-state index in [-0.39, 0.29) is 11.6 Å². The lowest BCUT2D eigenvalue weighted by Gasteiger charge is -2.28. The van der Waals surface area contributed by atoms with E-state index in [1.54, 1.807) is 58.0 Å². The zero-order valence-electron chi connectivity index (χ0n) is 24.4. The van der Waals surface area contributed by atoms with Crippen LogP contribution < -0.4 is 29.9 Å². The van der Waals surface area contributed by atoms with Crippen molar-refractivity contribution >= 4 is 46.9 Å². The minimum Gasteiger partial charge on any atom is -0.495 e. The van der Waals surface area contributed by atoms with Gasteiger partial charge in [0, 0.05) is 25.5 Å². The fraction of sp³-hybridized carbons (Fsp3) is 0.226. The third-order valence-corrected chi connectivity index (χ3v) is 6.18. The smallest absolute Gasteiger partial charge is 0.414 e. The van der Waals surface area contributed by atoms with Crippen molar-refractivity contribution in [2.75, 3.05) is 41.6 Å². The van der Waals surface area contributed by atoms with E-state index < -0.39 is 11.7 Å². The molecular weight excluding hydrogens is 536 g/mol. The first kappa shape index (κ1) is 29.7. The van der Waals surface area contributed by atoms with E-state index in [2.05, 4.69) is 9.97 Å². The molecular formula is C31H34N6O5. The van der Waals surface area contributed by atoms with Gasteiger partial charge in [0.15, 0.2) is 11.6 Å². The Kier molecular flexibility index (Phi) is 8.80. The van der Waals surface area contributed by atoms with Crippen molar-refractivity contribution in [3.05, 3.63) is 79.1 Å². The highest BCUT2D eigenvalue weighted by atomic mass is 16.6. The van der Waals surface area contributed by atoms with Gasteiger partial charge in [0.05, 0.1) is 12.8 Å². The Balaban J connectivity index is 1.70. The number of amides is 2. The first-order valence-corrected chi connectivity index (χ1v) is 13.1. The minimum atomic E-state index is -0.681. The van der Waals surface area contributed by atoms with E-state index in [0.29, 0.717) is 35.0 Å². The summed E-state index contributed by atoms with van der Waals surface area (Å²) in [5, 5.41) is 0. The molecule has 0 unspecified atom stereocenters. The van der Waals surface area contributed by atoms with E-state index in [0.717, 1.165) is 11.4 Å². The molecule has 0 saturated heterocycles. The van der Waals surface area contributed by atoms with Crippen molar-refractivity contribution in [1.82, 2.24) is 9.97 Å². The first-order chi connectivity index (χ1) is 20.0. The Bertz CT molecular complexity index is 1540. The Morgan fingerprint density at radius 2 is 1.55 bits per heavy atom. The normalized spacial score (nSPS) is 10.9. The molecule has 0 spiro atoms. The van der Waals surface area contributed by atoms with Gasteiger partial charge < -0.3 is 24.8 Å². The van der Waals surface area contributed by atoms with E-state index in [9.17, 15) is 9.59 Å². The Morgan fingerprint density at radius 3 is 2.17 bits per heavy atom. The van der Waals surface area contributed by atoms with Gasteiger partial charge in [0.1, 0.15) is 34.9 Å². The molecule has 0 bridgehead atoms. The minimum absolute atomic E-state index is 0.153. The van der Waals surface area contributed by atoms with Crippen molar-refractivity contribution in [2.24, 2.45) is 0 Å². The number of aromatic nitrogens is 2. The number of hydrogen-bond donors (Lipinski definition) is 1. The molecule has 11 heteroatoms. The van der Waals surface area contributed by atoms with Gasteiger partial charge in [-0.1, -0.05) is 18.2 Å². The van der Waals surface area contributed by atoms with E-state index in [4.69, 9.17) is 19.9 Å². The Labute approximate surface area is 245 Å². The van der Waals surface area contributed by atoms with Gasteiger partial charge in [-0.3, -0.25) is 14.6 Å². The molecule has 3 aromatic carbocycles. The number of anilines is 6. The maximum atomic E-state index is 12.7. The number of hydrogen-bond acceptors (Lipinski definition) is 9. The van der Waals surface area contributed by atoms with Crippen LogP contribution >= 0.6 is 0 Å². The molecule has 0 saturated carbocycles. The quantitative estimate of drug-likeness (QED) is 0.231. The molecule has 11 nitrogen and oxygen atoms in total. The third kappa shape index (κ3) is 6.69. The number of carbonyl (C=O) groups excluding carboxylic acids is 2. The molecule has 0 radical (unpaired) electrons. The summed E-state index contributed by atoms with van der Waals surface area (Å²) in [5.74, 6) is 2.11. The van der Waals surface area contributed by atoms with Crippen molar-refractivity contribution < 1.29 is 23.8 Å². The summed E-state index contributed by atoms with van der Waals surface area (Å²) >= 11 is 0. The summed E-state index contributed by atoms with van der Waals surface area (Å²) in [5.41, 5.74) is 7.60. The summed E-state index contributed by atoms with van der Waals surface area (Å²) in [7, 11) is 4.86. The third-order valence-electron chi connectivity index (χ3n) is 6.18. The number of nitrogens with two attached hydrogens (primary N) is 1. The molecule has 0 aliphatic heterocycles. The number of benzene rings is 3. The number of nitrogens with zero attached hydrogens (tertiary/aromatic N) is 5. The maximum Gasteiger partial charge on any atom is 0.414 e. The topological polar surface area (TPSA) is 123 Å². The highest BCUT2D eigenvalue weighted by molar-refractivity contribution is 5.97. The summed E-state index contributed by atoms with van der Waals surface area (Å²) in [6.07, 6.45) is 1.33. The number of nitrogen functional groups attached to an aromatic ring is 1. The number of rotatable bonds is 9. The standard InChI is InChI=1S/C31H34N6O5/c1-31(2,3)42-30(39)36(5)22-14-17-26(40-6)25(18-22)37(20-38)29-27(28(32)33-19-34-29)35(4)21-12-15-24(16-13-21)41-23-10-8-7-9-11-23/h7-20H,1-6H3,(H2,32,33,34). The van der Waals surface area contributed by atoms with E-state index in [1.165, 1.54) is 23.2 Å². The average Bonchev–Trinajstić information content (AvgIpc) is 2.97. The van der Waals surface area contributed by atoms with Crippen molar-refractivity contribution in [3.63, 3.8) is 0 Å². The molecule has 1 aromatic heterocycles. The molecule has 0 aliphatic carbocycles. The van der Waals surface area contributed by atoms with Crippen LogP contribution in [0.15, 0.2) is 79.1 Å². The van der Waals surface area contributed by atoms with Crippen LogP contribution in [0.25, 0.3) is 0 Å². The van der Waals surface area contributed by atoms with Crippen molar-refractivity contribution in [1.29, 1.82) is 0 Å². The Morgan fingerprint density at radius 1 is 0.905 bits per heavy atom. The molecule has 2 amide bonds. The van der Waals surface area contributed by atoms with Gasteiger partial charge in [0.25, 0.3) is 0 Å². The summed E-state index contributed by atoms with van der Waals surface area (Å²) in [6.45, 7) is 5.36. The molecule has 2 N–H and O–H groups in total. The van der Waals surface area contributed by atoms with Crippen molar-refractivity contribution in [2.45, 2.75) is 26.4 Å². The summed E-state index contributed by atoms with van der Waals surface area (Å²) in [6, 6.07) is 21.8. The predicted octanol–water partition coefficient (Wildman–Crippen LogP) is 6.29. The van der Waals surface area contributed by atoms with Crippen LogP contribution in [0.2, 0.25) is 0 Å². The highest BCUT2D eigenvalue weighted by Gasteiger charge is 2.26. The second-order valence-electron chi connectivity index (χ2n) is 10.3. The fourth-order valence-electron chi connectivity index (χ4n) is 4.10. The zero-order valence-corrected chi connectivity index (χ0v) is 24.4. The van der Waals surface area contributed by atoms with Crippen LogP contribution in [-0.4, -0.2) is 49.3 Å². The van der Waals surface area contributed by atoms with Crippen LogP contribution in [-0.2, 0) is 9.53 Å². The molecule has 0 fully saturated rings. The van der Waals surface area contributed by atoms with E-state index in [1.807, 2.05) is 54.6 Å². The lowest BCUT2D eigenvalue weighted by molar-refractivity contribution is -0.106. The SMILES string of the molecule is COc1ccc(N(C)C(=O)OC(C)(C)C)cc1N(C=O)c1ncnc(N)c1N(C)c1ccc(Oc2ccccc2)cc1. The molecule has 0 aliphatic rings. The van der Waals surface area contributed by atoms with Gasteiger partial charge in [-0.25, -0.2) is 14.8 Å². The monoisotopic (exact) mass is 570 g/mol. The van der Waals surface area contributed by atoms with Crippen LogP contribution in [0.3, 0.4) is 0 Å². The average molecular weight is 571 g/mol. The summed E-state index contributed by atoms with van der Waals surface area (Å²) in [4.78, 5) is 38.4. The first-order valence-electron chi connectivity index (χ1n) is 13.1. The van der Waals surface area contributed by atoms with Gasteiger partial charge >= 0.3 is 6.09 Å². The fourth-order valence-corrected chi connectivity index (χ4v) is 4.10. The van der Waals surface area contributed by atoms with E-state index >= 15 is 0 Å². The van der Waals surface area contributed by atoms with Crippen LogP contribution in [0.1, 0.15) is 20.8 Å². The molecule has 4 aromatic rings. The highest BCUT2D eigenvalue weighted by Crippen LogP contribution is 2.42. The maximum absolute atomic E-state index is 12.7. The van der Waals surface area contributed by atoms with Crippen LogP contribution in [0, 0.1) is 0 Å². The molecule has 42 heavy (non-hydrogen) atoms. The zero-order chi connectivity index (χ0) is 30.4. The molecule has 218 valence electrons. The van der Waals surface area contributed by atoms with Gasteiger partial charge in [-0.05, 0) is 75.4 Å². The van der Waals surface area contributed by atoms with Gasteiger partial charge in [0.2, 0.25) is 6.41 Å². The lowest BCUT2D eigenvalue weighted by Crippen LogP contribution is -2.34. The molecule has 1 heterocycles. The predicted molar refractivity (Wildman–Crippen MR) is 163 cm³/mol. The molecule has 0 atom stereocenters. The number of methoxy groups -OCH3 is 1. The largest absolute Gasteiger partial charge is 0.495 e. The van der Waals surface area contributed by atoms with Gasteiger partial charge in [-0.2, -0.15) is 0 Å². The van der Waals surface area contributed by atoms with Crippen molar-refractivity contribution in [3.8, 4) is 17.2 Å². The lowest BCUT2D eigenvalue weighted by atomic mass is 10.2. The van der Waals surface area contributed by atoms with Crippen LogP contribution in [0.4, 0.5) is 39.2 Å². The Hall–Kier alpha value is -5.32. The number of carbonyl (C=O) groups is 2. The number of ether oxygens (including phenoxy) is 3. The van der Waals surface area contributed by atoms with Crippen LogP contribution in [0.5, 0.6) is 17.2 Å². The second-order valence-corrected chi connectivity index (χ2v) is 10.3.